The third-order valence-corrected chi connectivity index (χ3v) is 2.97. The standard InChI is InChI=1S/C11H18N4O/c1-7-8(2)13-11(12)15-10(7)14-9-3-5-16-6-4-9/h9H,3-6H2,1-2H3,(H3,12,13,14,15). The summed E-state index contributed by atoms with van der Waals surface area (Å²) in [5.41, 5.74) is 7.65. The summed E-state index contributed by atoms with van der Waals surface area (Å²) in [7, 11) is 0. The lowest BCUT2D eigenvalue weighted by Gasteiger charge is -2.24. The molecule has 1 aliphatic rings. The Morgan fingerprint density at radius 2 is 1.94 bits per heavy atom. The first-order valence-corrected chi connectivity index (χ1v) is 5.62. The maximum absolute atomic E-state index is 5.65. The first-order valence-electron chi connectivity index (χ1n) is 5.62. The van der Waals surface area contributed by atoms with Gasteiger partial charge in [0.2, 0.25) is 5.95 Å². The fourth-order valence-corrected chi connectivity index (χ4v) is 1.83. The molecule has 88 valence electrons. The van der Waals surface area contributed by atoms with E-state index in [9.17, 15) is 0 Å². The van der Waals surface area contributed by atoms with Crippen molar-refractivity contribution >= 4 is 11.8 Å². The molecule has 0 aliphatic carbocycles. The molecule has 0 spiro atoms. The average molecular weight is 222 g/mol. The van der Waals surface area contributed by atoms with E-state index < -0.39 is 0 Å². The number of nitrogens with two attached hydrogens (primary N) is 1. The van der Waals surface area contributed by atoms with Crippen LogP contribution in [0.25, 0.3) is 0 Å². The molecule has 5 nitrogen and oxygen atoms in total. The van der Waals surface area contributed by atoms with Gasteiger partial charge in [-0.1, -0.05) is 0 Å². The number of nitrogens with zero attached hydrogens (tertiary/aromatic N) is 2. The molecule has 0 bridgehead atoms. The van der Waals surface area contributed by atoms with E-state index in [4.69, 9.17) is 10.5 Å². The maximum atomic E-state index is 5.65. The Morgan fingerprint density at radius 1 is 1.25 bits per heavy atom. The van der Waals surface area contributed by atoms with Crippen LogP contribution in [0.15, 0.2) is 0 Å². The number of rotatable bonds is 2. The SMILES string of the molecule is Cc1nc(N)nc(NC2CCOCC2)c1C. The fraction of sp³-hybridized carbons (Fsp3) is 0.636. The summed E-state index contributed by atoms with van der Waals surface area (Å²) in [5.74, 6) is 1.19. The topological polar surface area (TPSA) is 73.1 Å². The predicted octanol–water partition coefficient (Wildman–Crippen LogP) is 1.27. The molecule has 1 aromatic rings. The van der Waals surface area contributed by atoms with E-state index >= 15 is 0 Å². The van der Waals surface area contributed by atoms with Crippen molar-refractivity contribution in [2.45, 2.75) is 32.7 Å². The number of aromatic nitrogens is 2. The molecule has 0 amide bonds. The lowest BCUT2D eigenvalue weighted by Crippen LogP contribution is -2.28. The van der Waals surface area contributed by atoms with Gasteiger partial charge in [-0.2, -0.15) is 4.98 Å². The summed E-state index contributed by atoms with van der Waals surface area (Å²) in [6, 6.07) is 0.432. The second-order valence-electron chi connectivity index (χ2n) is 4.17. The molecule has 0 radical (unpaired) electrons. The number of aryl methyl sites for hydroxylation is 1. The summed E-state index contributed by atoms with van der Waals surface area (Å²) < 4.78 is 5.32. The average Bonchev–Trinajstić information content (AvgIpc) is 2.27. The number of hydrogen-bond acceptors (Lipinski definition) is 5. The van der Waals surface area contributed by atoms with Crippen LogP contribution in [0.3, 0.4) is 0 Å². The summed E-state index contributed by atoms with van der Waals surface area (Å²) in [4.78, 5) is 8.37. The fourth-order valence-electron chi connectivity index (χ4n) is 1.83. The number of nitrogen functional groups attached to an aromatic ring is 1. The zero-order chi connectivity index (χ0) is 11.5. The molecule has 0 saturated carbocycles. The van der Waals surface area contributed by atoms with Gasteiger partial charge in [0.05, 0.1) is 0 Å². The van der Waals surface area contributed by atoms with Crippen molar-refractivity contribution in [3.05, 3.63) is 11.3 Å². The molecule has 0 atom stereocenters. The zero-order valence-electron chi connectivity index (χ0n) is 9.79. The minimum atomic E-state index is 0.331. The Kier molecular flexibility index (Phi) is 3.24. The summed E-state index contributed by atoms with van der Waals surface area (Å²) in [6.07, 6.45) is 2.03. The first-order chi connectivity index (χ1) is 7.66. The van der Waals surface area contributed by atoms with Crippen LogP contribution in [-0.4, -0.2) is 29.2 Å². The highest BCUT2D eigenvalue weighted by atomic mass is 16.5. The molecule has 1 fully saturated rings. The van der Waals surface area contributed by atoms with Crippen molar-refractivity contribution in [2.75, 3.05) is 24.3 Å². The molecule has 1 saturated heterocycles. The smallest absolute Gasteiger partial charge is 0.222 e. The summed E-state index contributed by atoms with van der Waals surface area (Å²) >= 11 is 0. The van der Waals surface area contributed by atoms with Gasteiger partial charge in [-0.25, -0.2) is 4.98 Å². The molecular formula is C11H18N4O. The van der Waals surface area contributed by atoms with E-state index in [2.05, 4.69) is 15.3 Å². The second-order valence-corrected chi connectivity index (χ2v) is 4.17. The molecular weight excluding hydrogens is 204 g/mol. The van der Waals surface area contributed by atoms with E-state index in [0.717, 1.165) is 43.1 Å². The number of ether oxygens (including phenoxy) is 1. The van der Waals surface area contributed by atoms with Gasteiger partial charge in [0.25, 0.3) is 0 Å². The van der Waals surface area contributed by atoms with E-state index in [1.54, 1.807) is 0 Å². The van der Waals surface area contributed by atoms with Gasteiger partial charge in [0.15, 0.2) is 0 Å². The number of anilines is 2. The van der Waals surface area contributed by atoms with Gasteiger partial charge >= 0.3 is 0 Å². The normalized spacial score (nSPS) is 17.4. The van der Waals surface area contributed by atoms with Gasteiger partial charge in [-0.15, -0.1) is 0 Å². The quantitative estimate of drug-likeness (QED) is 0.788. The Morgan fingerprint density at radius 3 is 2.62 bits per heavy atom. The lowest BCUT2D eigenvalue weighted by atomic mass is 10.1. The van der Waals surface area contributed by atoms with Crippen molar-refractivity contribution in [1.82, 2.24) is 9.97 Å². The largest absolute Gasteiger partial charge is 0.381 e. The van der Waals surface area contributed by atoms with Crippen LogP contribution >= 0.6 is 0 Å². The van der Waals surface area contributed by atoms with Crippen molar-refractivity contribution < 1.29 is 4.74 Å². The van der Waals surface area contributed by atoms with Gasteiger partial charge in [0.1, 0.15) is 5.82 Å². The van der Waals surface area contributed by atoms with Crippen LogP contribution in [0, 0.1) is 13.8 Å². The van der Waals surface area contributed by atoms with Crippen molar-refractivity contribution in [3.63, 3.8) is 0 Å². The highest BCUT2D eigenvalue weighted by molar-refractivity contribution is 5.49. The molecule has 3 N–H and O–H groups in total. The van der Waals surface area contributed by atoms with Crippen LogP contribution in [0.2, 0.25) is 0 Å². The number of hydrogen-bond donors (Lipinski definition) is 2. The third kappa shape index (κ3) is 2.41. The van der Waals surface area contributed by atoms with Crippen LogP contribution in [0.1, 0.15) is 24.1 Å². The third-order valence-electron chi connectivity index (χ3n) is 2.97. The van der Waals surface area contributed by atoms with E-state index in [-0.39, 0.29) is 0 Å². The molecule has 0 aromatic carbocycles. The maximum Gasteiger partial charge on any atom is 0.222 e. The molecule has 2 heterocycles. The summed E-state index contributed by atoms with van der Waals surface area (Å²) in [6.45, 7) is 5.59. The lowest BCUT2D eigenvalue weighted by molar-refractivity contribution is 0.0904. The van der Waals surface area contributed by atoms with Gasteiger partial charge in [-0.3, -0.25) is 0 Å². The van der Waals surface area contributed by atoms with Gasteiger partial charge in [-0.05, 0) is 26.7 Å². The van der Waals surface area contributed by atoms with E-state index in [1.165, 1.54) is 0 Å². The molecule has 1 aliphatic heterocycles. The Hall–Kier alpha value is -1.36. The van der Waals surface area contributed by atoms with Gasteiger partial charge < -0.3 is 15.8 Å². The van der Waals surface area contributed by atoms with Crippen LogP contribution in [-0.2, 0) is 4.74 Å². The van der Waals surface area contributed by atoms with E-state index in [1.807, 2.05) is 13.8 Å². The monoisotopic (exact) mass is 222 g/mol. The highest BCUT2D eigenvalue weighted by Gasteiger charge is 2.15. The zero-order valence-corrected chi connectivity index (χ0v) is 9.79. The molecule has 2 rings (SSSR count). The molecule has 16 heavy (non-hydrogen) atoms. The van der Waals surface area contributed by atoms with Gasteiger partial charge in [0, 0.05) is 30.5 Å². The van der Waals surface area contributed by atoms with Crippen LogP contribution in [0.4, 0.5) is 11.8 Å². The number of nitrogens with one attached hydrogen (secondary N) is 1. The minimum Gasteiger partial charge on any atom is -0.381 e. The predicted molar refractivity (Wildman–Crippen MR) is 63.4 cm³/mol. The van der Waals surface area contributed by atoms with Crippen LogP contribution in [0.5, 0.6) is 0 Å². The summed E-state index contributed by atoms with van der Waals surface area (Å²) in [5, 5.41) is 3.42. The van der Waals surface area contributed by atoms with Crippen LogP contribution < -0.4 is 11.1 Å². The van der Waals surface area contributed by atoms with E-state index in [0.29, 0.717) is 12.0 Å². The highest BCUT2D eigenvalue weighted by Crippen LogP contribution is 2.19. The van der Waals surface area contributed by atoms with Crippen molar-refractivity contribution in [1.29, 1.82) is 0 Å². The molecule has 0 unspecified atom stereocenters. The van der Waals surface area contributed by atoms with Crippen molar-refractivity contribution in [3.8, 4) is 0 Å². The Balaban J connectivity index is 2.13. The first kappa shape index (κ1) is 11.1. The van der Waals surface area contributed by atoms with Crippen molar-refractivity contribution in [2.24, 2.45) is 0 Å². The Labute approximate surface area is 95.4 Å². The Bertz CT molecular complexity index is 374. The molecule has 1 aromatic heterocycles. The molecule has 5 heteroatoms. The second kappa shape index (κ2) is 4.65. The minimum absolute atomic E-state index is 0.331.